The molecular weight excluding hydrogens is 419 g/mol. The zero-order valence-corrected chi connectivity index (χ0v) is 18.1. The molecule has 1 aromatic heterocycles. The summed E-state index contributed by atoms with van der Waals surface area (Å²) in [7, 11) is -1.29. The third kappa shape index (κ3) is 5.51. The van der Waals surface area contributed by atoms with Crippen LogP contribution in [-0.4, -0.2) is 38.6 Å². The zero-order chi connectivity index (χ0) is 21.8. The molecule has 1 fully saturated rings. The van der Waals surface area contributed by atoms with Gasteiger partial charge in [-0.15, -0.1) is 0 Å². The molecule has 6 nitrogen and oxygen atoms in total. The summed E-state index contributed by atoms with van der Waals surface area (Å²) in [5.74, 6) is 1.42. The van der Waals surface area contributed by atoms with Crippen LogP contribution in [0.4, 0.5) is 4.39 Å². The van der Waals surface area contributed by atoms with E-state index in [1.807, 2.05) is 30.3 Å². The molecule has 1 unspecified atom stereocenters. The zero-order valence-electron chi connectivity index (χ0n) is 17.3. The summed E-state index contributed by atoms with van der Waals surface area (Å²) in [6.07, 6.45) is 0.684. The minimum Gasteiger partial charge on any atom is -0.497 e. The molecule has 0 radical (unpaired) electrons. The molecule has 2 heterocycles. The fraction of sp³-hybridized carbons (Fsp3) is 0.348. The van der Waals surface area contributed by atoms with Crippen molar-refractivity contribution in [1.29, 1.82) is 0 Å². The maximum atomic E-state index is 13.7. The Kier molecular flexibility index (Phi) is 6.38. The first-order valence-corrected chi connectivity index (χ1v) is 12.0. The van der Waals surface area contributed by atoms with Crippen molar-refractivity contribution < 1.29 is 22.3 Å². The van der Waals surface area contributed by atoms with Crippen molar-refractivity contribution >= 4 is 20.7 Å². The van der Waals surface area contributed by atoms with Crippen molar-refractivity contribution in [3.05, 3.63) is 65.5 Å². The van der Waals surface area contributed by atoms with Crippen molar-refractivity contribution in [2.45, 2.75) is 19.6 Å². The van der Waals surface area contributed by atoms with Crippen LogP contribution < -0.4 is 14.8 Å². The number of benzene rings is 2. The highest BCUT2D eigenvalue weighted by Gasteiger charge is 2.27. The fourth-order valence-corrected chi connectivity index (χ4v) is 5.64. The van der Waals surface area contributed by atoms with E-state index < -0.39 is 9.84 Å². The predicted octanol–water partition coefficient (Wildman–Crippen LogP) is 3.49. The van der Waals surface area contributed by atoms with Crippen molar-refractivity contribution in [1.82, 2.24) is 10.3 Å². The fourth-order valence-electron chi connectivity index (χ4n) is 3.78. The minimum atomic E-state index is -2.90. The smallest absolute Gasteiger partial charge is 0.218 e. The number of hydrogen-bond donors (Lipinski definition) is 1. The number of pyridine rings is 1. The lowest BCUT2D eigenvalue weighted by Crippen LogP contribution is -2.23. The van der Waals surface area contributed by atoms with Crippen molar-refractivity contribution in [2.75, 3.05) is 25.2 Å². The lowest BCUT2D eigenvalue weighted by Gasteiger charge is -2.14. The molecule has 3 aromatic rings. The lowest BCUT2D eigenvalue weighted by atomic mass is 10.1. The number of sulfone groups is 1. The summed E-state index contributed by atoms with van der Waals surface area (Å²) < 4.78 is 48.3. The highest BCUT2D eigenvalue weighted by molar-refractivity contribution is 7.91. The van der Waals surface area contributed by atoms with E-state index in [0.29, 0.717) is 37.5 Å². The summed E-state index contributed by atoms with van der Waals surface area (Å²) in [6.45, 7) is 1.37. The van der Waals surface area contributed by atoms with E-state index in [2.05, 4.69) is 10.3 Å². The van der Waals surface area contributed by atoms with E-state index in [1.54, 1.807) is 13.2 Å². The number of ether oxygens (including phenoxy) is 2. The molecule has 0 bridgehead atoms. The number of hydrogen-bond acceptors (Lipinski definition) is 6. The number of rotatable bonds is 8. The van der Waals surface area contributed by atoms with Gasteiger partial charge in [0.1, 0.15) is 18.2 Å². The average Bonchev–Trinajstić information content (AvgIpc) is 3.11. The maximum absolute atomic E-state index is 13.7. The van der Waals surface area contributed by atoms with Gasteiger partial charge in [0.15, 0.2) is 9.84 Å². The molecule has 1 aliphatic rings. The number of halogens is 1. The molecule has 1 atom stereocenters. The molecule has 0 spiro atoms. The van der Waals surface area contributed by atoms with E-state index in [4.69, 9.17) is 9.47 Å². The normalized spacial score (nSPS) is 17.7. The first-order chi connectivity index (χ1) is 14.9. The van der Waals surface area contributed by atoms with Crippen molar-refractivity contribution in [3.8, 4) is 11.6 Å². The van der Waals surface area contributed by atoms with Crippen molar-refractivity contribution in [3.63, 3.8) is 0 Å². The second-order valence-electron chi connectivity index (χ2n) is 7.83. The van der Waals surface area contributed by atoms with Crippen LogP contribution in [0.2, 0.25) is 0 Å². The van der Waals surface area contributed by atoms with Gasteiger partial charge < -0.3 is 14.8 Å². The van der Waals surface area contributed by atoms with Crippen LogP contribution in [0.15, 0.2) is 48.5 Å². The second-order valence-corrected chi connectivity index (χ2v) is 10.1. The number of fused-ring (bicyclic) bond motifs is 1. The first kappa shape index (κ1) is 21.5. The van der Waals surface area contributed by atoms with E-state index >= 15 is 0 Å². The largest absolute Gasteiger partial charge is 0.497 e. The van der Waals surface area contributed by atoms with Gasteiger partial charge in [-0.2, -0.15) is 0 Å². The van der Waals surface area contributed by atoms with Gasteiger partial charge in [-0.1, -0.05) is 12.1 Å². The van der Waals surface area contributed by atoms with Gasteiger partial charge in [-0.25, -0.2) is 17.8 Å². The maximum Gasteiger partial charge on any atom is 0.218 e. The van der Waals surface area contributed by atoms with E-state index in [0.717, 1.165) is 22.3 Å². The molecule has 0 amide bonds. The first-order valence-electron chi connectivity index (χ1n) is 10.2. The molecule has 4 rings (SSSR count). The number of methoxy groups -OCH3 is 1. The molecule has 164 valence electrons. The summed E-state index contributed by atoms with van der Waals surface area (Å²) in [5.41, 5.74) is 2.28. The van der Waals surface area contributed by atoms with Gasteiger partial charge in [-0.3, -0.25) is 0 Å². The summed E-state index contributed by atoms with van der Waals surface area (Å²) >= 11 is 0. The lowest BCUT2D eigenvalue weighted by molar-refractivity contribution is 0.289. The van der Waals surface area contributed by atoms with Crippen LogP contribution in [0.5, 0.6) is 11.6 Å². The Labute approximate surface area is 181 Å². The summed E-state index contributed by atoms with van der Waals surface area (Å²) in [4.78, 5) is 4.54. The van der Waals surface area contributed by atoms with Gasteiger partial charge in [0.2, 0.25) is 5.88 Å². The molecule has 0 saturated carbocycles. The third-order valence-electron chi connectivity index (χ3n) is 5.40. The van der Waals surface area contributed by atoms with Crippen LogP contribution >= 0.6 is 0 Å². The summed E-state index contributed by atoms with van der Waals surface area (Å²) in [6, 6.07) is 14.0. The van der Waals surface area contributed by atoms with Crippen molar-refractivity contribution in [2.24, 2.45) is 5.92 Å². The molecule has 31 heavy (non-hydrogen) atoms. The Hall–Kier alpha value is -2.71. The van der Waals surface area contributed by atoms with E-state index in [-0.39, 0.29) is 23.2 Å². The minimum absolute atomic E-state index is 0.119. The SMILES string of the molecule is COc1cccc(COc2nc3cc(F)ccc3cc2CNCC2CCS(=O)(=O)C2)c1. The molecular formula is C23H25FN2O4S. The number of nitrogens with zero attached hydrogens (tertiary/aromatic N) is 1. The monoisotopic (exact) mass is 444 g/mol. The average molecular weight is 445 g/mol. The molecule has 1 N–H and O–H groups in total. The molecule has 1 saturated heterocycles. The highest BCUT2D eigenvalue weighted by Crippen LogP contribution is 2.25. The van der Waals surface area contributed by atoms with E-state index in [1.165, 1.54) is 12.1 Å². The second kappa shape index (κ2) is 9.20. The van der Waals surface area contributed by atoms with Crippen LogP contribution in [0.25, 0.3) is 10.9 Å². The van der Waals surface area contributed by atoms with E-state index in [9.17, 15) is 12.8 Å². The quantitative estimate of drug-likeness (QED) is 0.573. The van der Waals surface area contributed by atoms with Gasteiger partial charge in [0.25, 0.3) is 0 Å². The molecule has 8 heteroatoms. The Morgan fingerprint density at radius 2 is 2.06 bits per heavy atom. The van der Waals surface area contributed by atoms with Crippen LogP contribution in [0, 0.1) is 11.7 Å². The molecule has 2 aromatic carbocycles. The molecule has 0 aliphatic carbocycles. The highest BCUT2D eigenvalue weighted by atomic mass is 32.2. The van der Waals surface area contributed by atoms with Gasteiger partial charge >= 0.3 is 0 Å². The summed E-state index contributed by atoms with van der Waals surface area (Å²) in [5, 5.41) is 4.15. The standard InChI is InChI=1S/C23H25FN2O4S/c1-29-21-4-2-3-16(9-21)14-30-23-19(10-18-5-6-20(24)11-22(18)26-23)13-25-12-17-7-8-31(27,28)15-17/h2-6,9-11,17,25H,7-8,12-15H2,1H3. The number of nitrogens with one attached hydrogen (secondary N) is 1. The van der Waals surface area contributed by atoms with Gasteiger partial charge in [-0.05, 0) is 54.8 Å². The Morgan fingerprint density at radius 1 is 1.19 bits per heavy atom. The third-order valence-corrected chi connectivity index (χ3v) is 7.24. The van der Waals surface area contributed by atoms with Gasteiger partial charge in [0, 0.05) is 23.6 Å². The number of aromatic nitrogens is 1. The van der Waals surface area contributed by atoms with Crippen LogP contribution in [0.1, 0.15) is 17.5 Å². The Balaban J connectivity index is 1.51. The Bertz CT molecular complexity index is 1180. The van der Waals surface area contributed by atoms with Crippen LogP contribution in [-0.2, 0) is 23.0 Å². The van der Waals surface area contributed by atoms with Gasteiger partial charge in [0.05, 0.1) is 24.1 Å². The topological polar surface area (TPSA) is 77.5 Å². The predicted molar refractivity (Wildman–Crippen MR) is 117 cm³/mol. The Morgan fingerprint density at radius 3 is 2.84 bits per heavy atom. The molecule has 1 aliphatic heterocycles. The van der Waals surface area contributed by atoms with Crippen LogP contribution in [0.3, 0.4) is 0 Å².